The SMILES string of the molecule is COC(=O)OC1COc2cc(CC(C)NCC(O)c3cccc(C(F)(F)F)c3)ccc2O1. The number of carbonyl (C=O) groups excluding carboxylic acids is 1. The molecule has 2 N–H and O–H groups in total. The number of carbonyl (C=O) groups is 1. The molecule has 10 heteroatoms. The minimum Gasteiger partial charge on any atom is -0.482 e. The normalized spacial score (nSPS) is 17.4. The summed E-state index contributed by atoms with van der Waals surface area (Å²) >= 11 is 0. The van der Waals surface area contributed by atoms with E-state index in [-0.39, 0.29) is 24.8 Å². The molecule has 2 aromatic carbocycles. The van der Waals surface area contributed by atoms with Crippen LogP contribution in [0, 0.1) is 0 Å². The van der Waals surface area contributed by atoms with E-state index >= 15 is 0 Å². The lowest BCUT2D eigenvalue weighted by atomic mass is 10.0. The first kappa shape index (κ1) is 23.7. The van der Waals surface area contributed by atoms with Gasteiger partial charge in [0.25, 0.3) is 6.29 Å². The maximum Gasteiger partial charge on any atom is 0.511 e. The van der Waals surface area contributed by atoms with Crippen molar-refractivity contribution in [1.82, 2.24) is 5.32 Å². The van der Waals surface area contributed by atoms with Crippen molar-refractivity contribution in [3.8, 4) is 11.5 Å². The van der Waals surface area contributed by atoms with Gasteiger partial charge in [-0.15, -0.1) is 0 Å². The van der Waals surface area contributed by atoms with Gasteiger partial charge >= 0.3 is 12.3 Å². The number of rotatable bonds is 7. The van der Waals surface area contributed by atoms with Gasteiger partial charge in [0.2, 0.25) is 0 Å². The number of methoxy groups -OCH3 is 1. The summed E-state index contributed by atoms with van der Waals surface area (Å²) in [7, 11) is 1.19. The summed E-state index contributed by atoms with van der Waals surface area (Å²) in [5.74, 6) is 0.929. The van der Waals surface area contributed by atoms with Crippen LogP contribution < -0.4 is 14.8 Å². The average Bonchev–Trinajstić information content (AvgIpc) is 2.77. The maximum absolute atomic E-state index is 12.9. The van der Waals surface area contributed by atoms with Crippen molar-refractivity contribution >= 4 is 6.16 Å². The third-order valence-corrected chi connectivity index (χ3v) is 4.84. The molecule has 3 unspecified atom stereocenters. The molecular weight excluding hydrogens is 431 g/mol. The van der Waals surface area contributed by atoms with Crippen LogP contribution in [0.2, 0.25) is 0 Å². The highest BCUT2D eigenvalue weighted by Gasteiger charge is 2.31. The zero-order valence-electron chi connectivity index (χ0n) is 17.5. The maximum atomic E-state index is 12.9. The van der Waals surface area contributed by atoms with Gasteiger partial charge in [-0.05, 0) is 48.7 Å². The molecule has 0 radical (unpaired) electrons. The fraction of sp³-hybridized carbons (Fsp3) is 0.409. The minimum absolute atomic E-state index is 0.0164. The predicted octanol–water partition coefficient (Wildman–Crippen LogP) is 3.84. The largest absolute Gasteiger partial charge is 0.511 e. The highest BCUT2D eigenvalue weighted by Crippen LogP contribution is 2.33. The molecule has 32 heavy (non-hydrogen) atoms. The molecule has 1 heterocycles. The van der Waals surface area contributed by atoms with Crippen LogP contribution in [-0.2, 0) is 22.1 Å². The van der Waals surface area contributed by atoms with Gasteiger partial charge in [-0.1, -0.05) is 18.2 Å². The molecule has 0 bridgehead atoms. The highest BCUT2D eigenvalue weighted by molar-refractivity contribution is 5.59. The summed E-state index contributed by atoms with van der Waals surface area (Å²) in [4.78, 5) is 11.2. The quantitative estimate of drug-likeness (QED) is 0.614. The van der Waals surface area contributed by atoms with Crippen LogP contribution in [0.5, 0.6) is 11.5 Å². The molecule has 1 aliphatic heterocycles. The summed E-state index contributed by atoms with van der Waals surface area (Å²) in [6, 6.07) is 9.91. The second kappa shape index (κ2) is 10.1. The second-order valence-corrected chi connectivity index (χ2v) is 7.36. The van der Waals surface area contributed by atoms with Crippen molar-refractivity contribution in [1.29, 1.82) is 0 Å². The number of nitrogens with one attached hydrogen (secondary N) is 1. The Kier molecular flexibility index (Phi) is 7.47. The third-order valence-electron chi connectivity index (χ3n) is 4.84. The van der Waals surface area contributed by atoms with Crippen LogP contribution >= 0.6 is 0 Å². The molecule has 0 spiro atoms. The molecule has 0 aliphatic carbocycles. The van der Waals surface area contributed by atoms with Crippen LogP contribution in [0.25, 0.3) is 0 Å². The van der Waals surface area contributed by atoms with Gasteiger partial charge in [0.15, 0.2) is 18.1 Å². The molecule has 0 aromatic heterocycles. The highest BCUT2D eigenvalue weighted by atomic mass is 19.4. The van der Waals surface area contributed by atoms with Crippen molar-refractivity contribution in [2.24, 2.45) is 0 Å². The molecule has 174 valence electrons. The van der Waals surface area contributed by atoms with Gasteiger partial charge in [0.05, 0.1) is 18.8 Å². The van der Waals surface area contributed by atoms with Crippen LogP contribution in [-0.4, -0.2) is 43.9 Å². The summed E-state index contributed by atoms with van der Waals surface area (Å²) in [6.07, 6.45) is -6.73. The number of benzene rings is 2. The lowest BCUT2D eigenvalue weighted by molar-refractivity contribution is -0.137. The van der Waals surface area contributed by atoms with E-state index in [1.54, 1.807) is 12.1 Å². The van der Waals surface area contributed by atoms with Crippen molar-refractivity contribution in [3.63, 3.8) is 0 Å². The smallest absolute Gasteiger partial charge is 0.482 e. The average molecular weight is 455 g/mol. The summed E-state index contributed by atoms with van der Waals surface area (Å²) in [6.45, 7) is 2.01. The Morgan fingerprint density at radius 1 is 1.25 bits per heavy atom. The topological polar surface area (TPSA) is 86.3 Å². The fourth-order valence-electron chi connectivity index (χ4n) is 3.22. The predicted molar refractivity (Wildman–Crippen MR) is 107 cm³/mol. The molecule has 3 rings (SSSR count). The van der Waals surface area contributed by atoms with Crippen LogP contribution in [0.15, 0.2) is 42.5 Å². The van der Waals surface area contributed by atoms with Gasteiger partial charge < -0.3 is 29.4 Å². The molecule has 0 amide bonds. The Hall–Kier alpha value is -2.98. The van der Waals surface area contributed by atoms with E-state index in [0.717, 1.165) is 17.7 Å². The zero-order valence-corrected chi connectivity index (χ0v) is 17.5. The van der Waals surface area contributed by atoms with E-state index in [1.165, 1.54) is 19.2 Å². The second-order valence-electron chi connectivity index (χ2n) is 7.36. The van der Waals surface area contributed by atoms with Gasteiger partial charge in [0.1, 0.15) is 0 Å². The number of aliphatic hydroxyl groups is 1. The standard InChI is InChI=1S/C22H24F3NO6/c1-13(26-11-17(27)15-4-3-5-16(10-15)22(23,24)25)8-14-6-7-18-19(9-14)30-12-20(31-18)32-21(28)29-2/h3-7,9-10,13,17,20,26-27H,8,11-12H2,1-2H3. The van der Waals surface area contributed by atoms with E-state index in [1.807, 2.05) is 13.0 Å². The van der Waals surface area contributed by atoms with Gasteiger partial charge in [-0.3, -0.25) is 0 Å². The first-order chi connectivity index (χ1) is 15.2. The van der Waals surface area contributed by atoms with Gasteiger partial charge in [0, 0.05) is 12.6 Å². The van der Waals surface area contributed by atoms with Crippen molar-refractivity contribution in [2.75, 3.05) is 20.3 Å². The Balaban J connectivity index is 1.52. The van der Waals surface area contributed by atoms with E-state index < -0.39 is 30.3 Å². The first-order valence-electron chi connectivity index (χ1n) is 9.91. The van der Waals surface area contributed by atoms with Crippen molar-refractivity contribution in [2.45, 2.75) is 38.0 Å². The molecule has 0 saturated heterocycles. The summed E-state index contributed by atoms with van der Waals surface area (Å²) < 4.78 is 59.0. The van der Waals surface area contributed by atoms with Crippen molar-refractivity contribution < 1.29 is 42.0 Å². The van der Waals surface area contributed by atoms with Crippen LogP contribution in [0.4, 0.5) is 18.0 Å². The lowest BCUT2D eigenvalue weighted by Crippen LogP contribution is -2.34. The van der Waals surface area contributed by atoms with Crippen molar-refractivity contribution in [3.05, 3.63) is 59.2 Å². The monoisotopic (exact) mass is 455 g/mol. The van der Waals surface area contributed by atoms with E-state index in [4.69, 9.17) is 14.2 Å². The number of aliphatic hydroxyl groups excluding tert-OH is 1. The van der Waals surface area contributed by atoms with Gasteiger partial charge in [-0.2, -0.15) is 13.2 Å². The molecule has 0 saturated carbocycles. The summed E-state index contributed by atoms with van der Waals surface area (Å²) in [5.41, 5.74) is 0.327. The number of ether oxygens (including phenoxy) is 4. The number of alkyl halides is 3. The van der Waals surface area contributed by atoms with Gasteiger partial charge in [-0.25, -0.2) is 4.79 Å². The summed E-state index contributed by atoms with van der Waals surface area (Å²) in [5, 5.41) is 13.4. The Bertz CT molecular complexity index is 936. The molecule has 3 atom stereocenters. The lowest BCUT2D eigenvalue weighted by Gasteiger charge is -2.26. The Morgan fingerprint density at radius 3 is 2.75 bits per heavy atom. The Morgan fingerprint density at radius 2 is 2.03 bits per heavy atom. The number of halogens is 3. The minimum atomic E-state index is -4.46. The molecule has 2 aromatic rings. The Labute approximate surface area is 183 Å². The van der Waals surface area contributed by atoms with E-state index in [2.05, 4.69) is 10.1 Å². The van der Waals surface area contributed by atoms with Crippen LogP contribution in [0.3, 0.4) is 0 Å². The molecule has 0 fully saturated rings. The number of hydrogen-bond donors (Lipinski definition) is 2. The molecule has 1 aliphatic rings. The fourth-order valence-corrected chi connectivity index (χ4v) is 3.22. The molecule has 7 nitrogen and oxygen atoms in total. The zero-order chi connectivity index (χ0) is 23.3. The first-order valence-corrected chi connectivity index (χ1v) is 9.91. The van der Waals surface area contributed by atoms with Crippen LogP contribution in [0.1, 0.15) is 29.7 Å². The third kappa shape index (κ3) is 6.27. The van der Waals surface area contributed by atoms with E-state index in [9.17, 15) is 23.1 Å². The number of fused-ring (bicyclic) bond motifs is 1. The number of hydrogen-bond acceptors (Lipinski definition) is 7. The molecular formula is C22H24F3NO6. The van der Waals surface area contributed by atoms with E-state index in [0.29, 0.717) is 17.9 Å².